The van der Waals surface area contributed by atoms with Crippen molar-refractivity contribution in [2.75, 3.05) is 10.5 Å². The Bertz CT molecular complexity index is 1090. The average molecular weight is 502 g/mol. The summed E-state index contributed by atoms with van der Waals surface area (Å²) in [6.07, 6.45) is 0. The van der Waals surface area contributed by atoms with E-state index in [0.29, 0.717) is 17.4 Å². The first kappa shape index (κ1) is 28.9. The number of ether oxygens (including phenoxy) is 1. The summed E-state index contributed by atoms with van der Waals surface area (Å²) in [5.41, 5.74) is 5.40. The fourth-order valence-corrected chi connectivity index (χ4v) is 5.15. The van der Waals surface area contributed by atoms with Gasteiger partial charge < -0.3 is 4.74 Å². The molecule has 0 aromatic heterocycles. The average Bonchev–Trinajstić information content (AvgIpc) is 2.72. The van der Waals surface area contributed by atoms with E-state index >= 15 is 0 Å². The van der Waals surface area contributed by atoms with Gasteiger partial charge in [0.05, 0.1) is 5.69 Å². The molecule has 1 N–H and O–H groups in total. The van der Waals surface area contributed by atoms with E-state index in [1.165, 1.54) is 5.56 Å². The highest BCUT2D eigenvalue weighted by atomic mass is 32.2. The van der Waals surface area contributed by atoms with Gasteiger partial charge in [0.1, 0.15) is 5.75 Å². The van der Waals surface area contributed by atoms with Crippen LogP contribution in [0.5, 0.6) is 5.75 Å². The normalized spacial score (nSPS) is 12.3. The Hall–Kier alpha value is -2.34. The quantitative estimate of drug-likeness (QED) is 0.268. The molecular formula is C29H43NO4S. The zero-order chi connectivity index (χ0) is 26.7. The van der Waals surface area contributed by atoms with Gasteiger partial charge in [0, 0.05) is 0 Å². The van der Waals surface area contributed by atoms with Crippen molar-refractivity contribution in [3.8, 4) is 5.75 Å². The Morgan fingerprint density at radius 1 is 0.743 bits per heavy atom. The van der Waals surface area contributed by atoms with Crippen molar-refractivity contribution < 1.29 is 17.9 Å². The van der Waals surface area contributed by atoms with Crippen LogP contribution in [-0.4, -0.2) is 20.1 Å². The minimum Gasteiger partial charge on any atom is -0.425 e. The maximum atomic E-state index is 13.1. The number of carbonyl (C=O) groups is 1. The van der Waals surface area contributed by atoms with Crippen LogP contribution in [0.3, 0.4) is 0 Å². The van der Waals surface area contributed by atoms with Crippen LogP contribution in [0.2, 0.25) is 0 Å². The third-order valence-corrected chi connectivity index (χ3v) is 7.36. The summed E-state index contributed by atoms with van der Waals surface area (Å²) in [6, 6.07) is 9.94. The number of hydrogen-bond donors (Lipinski definition) is 1. The Morgan fingerprint density at radius 2 is 1.17 bits per heavy atom. The molecule has 0 aliphatic heterocycles. The second-order valence-electron chi connectivity index (χ2n) is 10.9. The van der Waals surface area contributed by atoms with Gasteiger partial charge in [-0.3, -0.25) is 9.52 Å². The summed E-state index contributed by atoms with van der Waals surface area (Å²) in [4.78, 5) is 13.0. The molecule has 2 rings (SSSR count). The van der Waals surface area contributed by atoms with Gasteiger partial charge in [0.15, 0.2) is 5.75 Å². The first-order valence-electron chi connectivity index (χ1n) is 12.7. The molecule has 35 heavy (non-hydrogen) atoms. The summed E-state index contributed by atoms with van der Waals surface area (Å²) in [5, 5.41) is 0. The minimum atomic E-state index is -3.98. The molecule has 0 bridgehead atoms. The van der Waals surface area contributed by atoms with Crippen molar-refractivity contribution in [3.05, 3.63) is 58.1 Å². The van der Waals surface area contributed by atoms with Crippen LogP contribution in [0.1, 0.15) is 127 Å². The van der Waals surface area contributed by atoms with Crippen molar-refractivity contribution in [2.24, 2.45) is 0 Å². The predicted octanol–water partition coefficient (Wildman–Crippen LogP) is 7.65. The molecule has 0 saturated carbocycles. The van der Waals surface area contributed by atoms with Gasteiger partial charge in [-0.25, -0.2) is 8.42 Å². The van der Waals surface area contributed by atoms with Crippen LogP contribution in [0.25, 0.3) is 0 Å². The molecular weight excluding hydrogens is 458 g/mol. The molecule has 0 heterocycles. The lowest BCUT2D eigenvalue weighted by Crippen LogP contribution is -2.28. The number of esters is 1. The first-order chi connectivity index (χ1) is 16.1. The van der Waals surface area contributed by atoms with Gasteiger partial charge in [-0.15, -0.1) is 0 Å². The largest absolute Gasteiger partial charge is 0.425 e. The highest BCUT2D eigenvalue weighted by Gasteiger charge is 2.26. The maximum absolute atomic E-state index is 13.1. The lowest BCUT2D eigenvalue weighted by atomic mass is 9.88. The van der Waals surface area contributed by atoms with Crippen LogP contribution >= 0.6 is 0 Å². The van der Waals surface area contributed by atoms with Crippen molar-refractivity contribution in [2.45, 2.75) is 98.8 Å². The molecule has 0 spiro atoms. The van der Waals surface area contributed by atoms with E-state index < -0.39 is 21.7 Å². The lowest BCUT2D eigenvalue weighted by molar-refractivity contribution is -0.131. The van der Waals surface area contributed by atoms with Crippen LogP contribution in [-0.2, 0) is 14.8 Å². The standard InChI is InChI=1S/C29H43NO4S/c1-17(2)22-14-25(20(7)8)29(26(15-22)21(9)10)34-27(31)16-35(32,33)30-28-23(18(3)4)12-11-13-24(28)19(5)6/h11-15,17-21,30H,16H2,1-10H3. The molecule has 0 radical (unpaired) electrons. The molecule has 0 atom stereocenters. The van der Waals surface area contributed by atoms with Crippen LogP contribution in [0.4, 0.5) is 5.69 Å². The Balaban J connectivity index is 2.40. The van der Waals surface area contributed by atoms with Gasteiger partial charge in [-0.2, -0.15) is 0 Å². The van der Waals surface area contributed by atoms with Crippen LogP contribution < -0.4 is 9.46 Å². The van der Waals surface area contributed by atoms with E-state index in [1.54, 1.807) is 0 Å². The van der Waals surface area contributed by atoms with E-state index in [1.807, 2.05) is 45.9 Å². The highest BCUT2D eigenvalue weighted by molar-refractivity contribution is 7.93. The minimum absolute atomic E-state index is 0.121. The maximum Gasteiger partial charge on any atom is 0.328 e. The van der Waals surface area contributed by atoms with Crippen molar-refractivity contribution in [1.82, 2.24) is 0 Å². The molecule has 0 saturated heterocycles. The lowest BCUT2D eigenvalue weighted by Gasteiger charge is -2.23. The van der Waals surface area contributed by atoms with Gasteiger partial charge in [0.2, 0.25) is 10.0 Å². The van der Waals surface area contributed by atoms with Crippen molar-refractivity contribution in [3.63, 3.8) is 0 Å². The predicted molar refractivity (Wildman–Crippen MR) is 146 cm³/mol. The summed E-state index contributed by atoms with van der Waals surface area (Å²) in [5.74, 6) is -0.226. The summed E-state index contributed by atoms with van der Waals surface area (Å²) in [7, 11) is -3.98. The first-order valence-corrected chi connectivity index (χ1v) is 14.3. The Kier molecular flexibility index (Phi) is 9.57. The molecule has 0 unspecified atom stereocenters. The number of sulfonamides is 1. The molecule has 194 valence electrons. The molecule has 6 heteroatoms. The van der Waals surface area contributed by atoms with E-state index in [2.05, 4.69) is 58.4 Å². The van der Waals surface area contributed by atoms with Crippen LogP contribution in [0.15, 0.2) is 30.3 Å². The fraction of sp³-hybridized carbons (Fsp3) is 0.552. The number of anilines is 1. The second kappa shape index (κ2) is 11.6. The van der Waals surface area contributed by atoms with E-state index in [4.69, 9.17) is 4.74 Å². The summed E-state index contributed by atoms with van der Waals surface area (Å²) in [6.45, 7) is 20.6. The molecule has 2 aromatic carbocycles. The van der Waals surface area contributed by atoms with Crippen molar-refractivity contribution >= 4 is 21.7 Å². The third-order valence-electron chi connectivity index (χ3n) is 6.23. The van der Waals surface area contributed by atoms with Crippen molar-refractivity contribution in [1.29, 1.82) is 0 Å². The van der Waals surface area contributed by atoms with Crippen LogP contribution in [0, 0.1) is 0 Å². The smallest absolute Gasteiger partial charge is 0.328 e. The number of nitrogens with one attached hydrogen (secondary N) is 1. The zero-order valence-electron chi connectivity index (χ0n) is 23.0. The number of hydrogen-bond acceptors (Lipinski definition) is 4. The molecule has 0 aliphatic carbocycles. The van der Waals surface area contributed by atoms with Gasteiger partial charge in [-0.1, -0.05) is 99.6 Å². The number of rotatable bonds is 10. The molecule has 0 amide bonds. The number of carbonyl (C=O) groups excluding carboxylic acids is 1. The molecule has 2 aromatic rings. The second-order valence-corrected chi connectivity index (χ2v) is 12.7. The molecule has 5 nitrogen and oxygen atoms in total. The third kappa shape index (κ3) is 7.33. The monoisotopic (exact) mass is 501 g/mol. The topological polar surface area (TPSA) is 72.5 Å². The van der Waals surface area contributed by atoms with E-state index in [-0.39, 0.29) is 23.7 Å². The van der Waals surface area contributed by atoms with Gasteiger partial charge >= 0.3 is 5.97 Å². The number of para-hydroxylation sites is 1. The highest BCUT2D eigenvalue weighted by Crippen LogP contribution is 2.38. The summed E-state index contributed by atoms with van der Waals surface area (Å²) < 4.78 is 34.7. The summed E-state index contributed by atoms with van der Waals surface area (Å²) >= 11 is 0. The Morgan fingerprint density at radius 3 is 1.54 bits per heavy atom. The van der Waals surface area contributed by atoms with Gasteiger partial charge in [0.25, 0.3) is 0 Å². The van der Waals surface area contributed by atoms with Gasteiger partial charge in [-0.05, 0) is 57.4 Å². The molecule has 0 fully saturated rings. The Labute approximate surface area is 212 Å². The SMILES string of the molecule is CC(C)c1cc(C(C)C)c(OC(=O)CS(=O)(=O)Nc2c(C(C)C)cccc2C(C)C)c(C(C)C)c1. The zero-order valence-corrected chi connectivity index (χ0v) is 23.8. The number of benzene rings is 2. The molecule has 0 aliphatic rings. The fourth-order valence-electron chi connectivity index (χ4n) is 4.17. The van der Waals surface area contributed by atoms with E-state index in [9.17, 15) is 13.2 Å². The van der Waals surface area contributed by atoms with E-state index in [0.717, 1.165) is 22.3 Å².